The molecule has 2 atom stereocenters. The van der Waals surface area contributed by atoms with Crippen molar-refractivity contribution in [2.75, 3.05) is 20.8 Å². The molecule has 1 aliphatic rings. The summed E-state index contributed by atoms with van der Waals surface area (Å²) in [4.78, 5) is 20.9. The first-order valence-electron chi connectivity index (χ1n) is 10.4. The highest BCUT2D eigenvalue weighted by Gasteiger charge is 2.58. The van der Waals surface area contributed by atoms with E-state index in [9.17, 15) is 26.7 Å². The summed E-state index contributed by atoms with van der Waals surface area (Å²) < 4.78 is 84.8. The lowest BCUT2D eigenvalue weighted by molar-refractivity contribution is -0.274. The van der Waals surface area contributed by atoms with Crippen LogP contribution in [0, 0.1) is 0 Å². The van der Waals surface area contributed by atoms with Crippen LogP contribution in [0.3, 0.4) is 0 Å². The van der Waals surface area contributed by atoms with Crippen LogP contribution in [0.2, 0.25) is 0 Å². The number of aromatic nitrogens is 1. The number of methoxy groups -OCH3 is 2. The predicted octanol–water partition coefficient (Wildman–Crippen LogP) is 4.86. The molecule has 0 spiro atoms. The van der Waals surface area contributed by atoms with Gasteiger partial charge < -0.3 is 24.3 Å². The minimum atomic E-state index is -4.93. The van der Waals surface area contributed by atoms with Gasteiger partial charge in [0, 0.05) is 38.1 Å². The van der Waals surface area contributed by atoms with Gasteiger partial charge in [-0.2, -0.15) is 0 Å². The molecule has 1 fully saturated rings. The summed E-state index contributed by atoms with van der Waals surface area (Å²) in [5.41, 5.74) is -0.156. The number of alkyl halides is 5. The molecule has 0 bridgehead atoms. The van der Waals surface area contributed by atoms with E-state index in [4.69, 9.17) is 14.2 Å². The summed E-state index contributed by atoms with van der Waals surface area (Å²) in [7, 11) is 2.53. The van der Waals surface area contributed by atoms with Gasteiger partial charge in [0.15, 0.2) is 11.5 Å². The number of hydrogen-bond acceptors (Lipinski definition) is 7. The van der Waals surface area contributed by atoms with Crippen LogP contribution in [-0.4, -0.2) is 56.4 Å². The van der Waals surface area contributed by atoms with Crippen molar-refractivity contribution >= 4 is 12.1 Å². The fourth-order valence-corrected chi connectivity index (χ4v) is 3.11. The molecule has 1 aromatic heterocycles. The maximum absolute atomic E-state index is 13.6. The Morgan fingerprint density at radius 3 is 2.58 bits per heavy atom. The molecule has 0 saturated heterocycles. The van der Waals surface area contributed by atoms with Crippen molar-refractivity contribution in [3.8, 4) is 23.0 Å². The molecule has 0 radical (unpaired) electrons. The molecule has 1 heterocycles. The van der Waals surface area contributed by atoms with Crippen LogP contribution in [0.15, 0.2) is 48.1 Å². The van der Waals surface area contributed by atoms with Crippen LogP contribution < -0.4 is 19.5 Å². The topological polar surface area (TPSA) is 91.3 Å². The Labute approximate surface area is 202 Å². The quantitative estimate of drug-likeness (QED) is 0.261. The molecule has 194 valence electrons. The first-order chi connectivity index (χ1) is 17.0. The molecule has 1 amide bonds. The van der Waals surface area contributed by atoms with Crippen molar-refractivity contribution in [2.24, 2.45) is 4.99 Å². The lowest BCUT2D eigenvalue weighted by Gasteiger charge is -2.18. The lowest BCUT2D eigenvalue weighted by atomic mass is 10.1. The largest absolute Gasteiger partial charge is 0.573 e. The Bertz CT molecular complexity index is 1140. The van der Waals surface area contributed by atoms with Crippen molar-refractivity contribution < 1.29 is 45.7 Å². The smallest absolute Gasteiger partial charge is 0.493 e. The molecule has 8 nitrogen and oxygen atoms in total. The van der Waals surface area contributed by atoms with Gasteiger partial charge in [-0.1, -0.05) is 12.7 Å². The third-order valence-electron chi connectivity index (χ3n) is 4.96. The molecule has 2 aromatic rings. The van der Waals surface area contributed by atoms with Gasteiger partial charge in [0.1, 0.15) is 23.3 Å². The summed E-state index contributed by atoms with van der Waals surface area (Å²) in [6.07, 6.45) is -2.26. The zero-order valence-electron chi connectivity index (χ0n) is 19.1. The van der Waals surface area contributed by atoms with Crippen molar-refractivity contribution in [3.63, 3.8) is 0 Å². The normalized spacial score (nSPS) is 17.4. The standard InChI is InChI=1S/C23H22F5N3O5/c1-4-7-29-12-20(34-3)31-21(32)14-11-30-16(15-10-22(15,24)25)9-18(14)35-17-6-5-13(8-19(17)33-2)36-23(26,27)28/h4-9,11,15,20H,1,10,12H2,2-3H3,(H,31,32)/b29-7-. The lowest BCUT2D eigenvalue weighted by Crippen LogP contribution is -2.38. The number of nitrogens with one attached hydrogen (secondary N) is 1. The summed E-state index contributed by atoms with van der Waals surface area (Å²) in [6, 6.07) is 4.20. The minimum Gasteiger partial charge on any atom is -0.493 e. The number of ether oxygens (including phenoxy) is 4. The minimum absolute atomic E-state index is 0.0126. The van der Waals surface area contributed by atoms with Gasteiger partial charge in [-0.3, -0.25) is 14.8 Å². The maximum atomic E-state index is 13.6. The van der Waals surface area contributed by atoms with Gasteiger partial charge in [-0.25, -0.2) is 8.78 Å². The SMILES string of the molecule is C=C/C=N\CC(NC(=O)c1cnc(C2CC2(F)F)cc1Oc1ccc(OC(F)(F)F)cc1OC)OC. The number of benzene rings is 1. The second-order valence-corrected chi connectivity index (χ2v) is 7.53. The molecule has 3 rings (SSSR count). The van der Waals surface area contributed by atoms with Crippen LogP contribution in [0.1, 0.15) is 28.4 Å². The summed E-state index contributed by atoms with van der Waals surface area (Å²) in [5.74, 6) is -5.81. The Kier molecular flexibility index (Phi) is 8.13. The number of aliphatic imine (C=N–C) groups is 1. The molecule has 36 heavy (non-hydrogen) atoms. The number of allylic oxidation sites excluding steroid dienone is 1. The van der Waals surface area contributed by atoms with E-state index in [2.05, 4.69) is 26.6 Å². The number of halogens is 5. The number of nitrogens with zero attached hydrogens (tertiary/aromatic N) is 2. The maximum Gasteiger partial charge on any atom is 0.573 e. The highest BCUT2D eigenvalue weighted by Crippen LogP contribution is 2.55. The van der Waals surface area contributed by atoms with Gasteiger partial charge >= 0.3 is 6.36 Å². The second kappa shape index (κ2) is 10.9. The van der Waals surface area contributed by atoms with E-state index in [-0.39, 0.29) is 35.1 Å². The van der Waals surface area contributed by atoms with E-state index in [0.717, 1.165) is 24.4 Å². The molecule has 2 unspecified atom stereocenters. The Morgan fingerprint density at radius 1 is 1.28 bits per heavy atom. The average Bonchev–Trinajstić information content (AvgIpc) is 3.46. The highest BCUT2D eigenvalue weighted by atomic mass is 19.4. The third-order valence-corrected chi connectivity index (χ3v) is 4.96. The summed E-state index contributed by atoms with van der Waals surface area (Å²) in [5, 5.41) is 2.56. The van der Waals surface area contributed by atoms with E-state index in [0.29, 0.717) is 0 Å². The van der Waals surface area contributed by atoms with Crippen LogP contribution in [0.5, 0.6) is 23.0 Å². The molecule has 1 aliphatic carbocycles. The number of carbonyl (C=O) groups is 1. The molecule has 13 heteroatoms. The van der Waals surface area contributed by atoms with E-state index in [1.807, 2.05) is 0 Å². The Balaban J connectivity index is 1.93. The average molecular weight is 515 g/mol. The Hall–Kier alpha value is -3.74. The highest BCUT2D eigenvalue weighted by molar-refractivity contribution is 5.97. The van der Waals surface area contributed by atoms with Crippen LogP contribution in [-0.2, 0) is 4.74 Å². The summed E-state index contributed by atoms with van der Waals surface area (Å²) >= 11 is 0. The number of pyridine rings is 1. The van der Waals surface area contributed by atoms with Crippen LogP contribution in [0.25, 0.3) is 0 Å². The molecule has 1 N–H and O–H groups in total. The number of carbonyl (C=O) groups excluding carboxylic acids is 1. The Morgan fingerprint density at radius 2 is 2.00 bits per heavy atom. The van der Waals surface area contributed by atoms with Gasteiger partial charge in [0.2, 0.25) is 0 Å². The van der Waals surface area contributed by atoms with Gasteiger partial charge in [0.05, 0.1) is 25.3 Å². The number of rotatable bonds is 11. The van der Waals surface area contributed by atoms with Crippen LogP contribution >= 0.6 is 0 Å². The van der Waals surface area contributed by atoms with Gasteiger partial charge in [0.25, 0.3) is 11.8 Å². The van der Waals surface area contributed by atoms with Crippen LogP contribution in [0.4, 0.5) is 22.0 Å². The number of hydrogen-bond donors (Lipinski definition) is 1. The zero-order chi connectivity index (χ0) is 26.5. The third kappa shape index (κ3) is 6.90. The van der Waals surface area contributed by atoms with Crippen molar-refractivity contribution in [1.82, 2.24) is 10.3 Å². The van der Waals surface area contributed by atoms with Gasteiger partial charge in [-0.15, -0.1) is 13.2 Å². The van der Waals surface area contributed by atoms with Crippen molar-refractivity contribution in [1.29, 1.82) is 0 Å². The van der Waals surface area contributed by atoms with Crippen molar-refractivity contribution in [2.45, 2.75) is 30.9 Å². The van der Waals surface area contributed by atoms with E-state index in [1.54, 1.807) is 0 Å². The monoisotopic (exact) mass is 515 g/mol. The summed E-state index contributed by atoms with van der Waals surface area (Å²) in [6.45, 7) is 3.54. The van der Waals surface area contributed by atoms with Gasteiger partial charge in [-0.05, 0) is 12.1 Å². The van der Waals surface area contributed by atoms with E-state index in [1.165, 1.54) is 32.6 Å². The van der Waals surface area contributed by atoms with E-state index < -0.39 is 42.5 Å². The first kappa shape index (κ1) is 26.9. The predicted molar refractivity (Wildman–Crippen MR) is 118 cm³/mol. The fraction of sp³-hybridized carbons (Fsp3) is 0.348. The van der Waals surface area contributed by atoms with E-state index >= 15 is 0 Å². The number of amides is 1. The zero-order valence-corrected chi connectivity index (χ0v) is 19.1. The molecule has 0 aliphatic heterocycles. The molecule has 1 aromatic carbocycles. The molecular weight excluding hydrogens is 493 g/mol. The van der Waals surface area contributed by atoms with Crippen molar-refractivity contribution in [3.05, 3.63) is 54.4 Å². The fourth-order valence-electron chi connectivity index (χ4n) is 3.11. The molecular formula is C23H22F5N3O5. The first-order valence-corrected chi connectivity index (χ1v) is 10.4. The molecule has 1 saturated carbocycles. The second-order valence-electron chi connectivity index (χ2n) is 7.53.